The number of halogens is 1. The van der Waals surface area contributed by atoms with Crippen molar-refractivity contribution >= 4 is 17.3 Å². The van der Waals surface area contributed by atoms with Crippen molar-refractivity contribution in [1.29, 1.82) is 0 Å². The van der Waals surface area contributed by atoms with Gasteiger partial charge in [-0.2, -0.15) is 0 Å². The van der Waals surface area contributed by atoms with E-state index in [9.17, 15) is 0 Å². The lowest BCUT2D eigenvalue weighted by molar-refractivity contribution is 0.208. The predicted molar refractivity (Wildman–Crippen MR) is 86.2 cm³/mol. The van der Waals surface area contributed by atoms with Gasteiger partial charge in [-0.05, 0) is 44.5 Å². The lowest BCUT2D eigenvalue weighted by Crippen LogP contribution is -2.37. The van der Waals surface area contributed by atoms with Crippen LogP contribution >= 0.6 is 11.6 Å². The van der Waals surface area contributed by atoms with Crippen molar-refractivity contribution < 1.29 is 0 Å². The van der Waals surface area contributed by atoms with E-state index in [4.69, 9.17) is 11.6 Å². The zero-order valence-electron chi connectivity index (χ0n) is 12.5. The lowest BCUT2D eigenvalue weighted by Gasteiger charge is -2.28. The van der Waals surface area contributed by atoms with Gasteiger partial charge in [0.25, 0.3) is 0 Å². The Hall–Kier alpha value is -0.730. The van der Waals surface area contributed by atoms with Gasteiger partial charge in [-0.3, -0.25) is 4.90 Å². The fraction of sp³-hybridized carbons (Fsp3) is 0.625. The Morgan fingerprint density at radius 2 is 2.05 bits per heavy atom. The van der Waals surface area contributed by atoms with Crippen LogP contribution < -0.4 is 5.32 Å². The molecule has 0 aliphatic carbocycles. The summed E-state index contributed by atoms with van der Waals surface area (Å²) in [5.41, 5.74) is 1.10. The van der Waals surface area contributed by atoms with Crippen LogP contribution in [0.5, 0.6) is 0 Å². The van der Waals surface area contributed by atoms with Crippen molar-refractivity contribution in [2.24, 2.45) is 0 Å². The van der Waals surface area contributed by atoms with Gasteiger partial charge in [-0.1, -0.05) is 37.9 Å². The number of hydrogen-bond acceptors (Lipinski definition) is 2. The Labute approximate surface area is 123 Å². The average molecular weight is 283 g/mol. The fourth-order valence-electron chi connectivity index (χ4n) is 2.11. The molecule has 0 aromatic heterocycles. The predicted octanol–water partition coefficient (Wildman–Crippen LogP) is 4.65. The first-order valence-electron chi connectivity index (χ1n) is 7.40. The van der Waals surface area contributed by atoms with Crippen LogP contribution in [0.15, 0.2) is 24.3 Å². The maximum atomic E-state index is 5.98. The SMILES string of the molecule is CCCCN(CCNc1cccc(Cl)c1)C(C)CC. The van der Waals surface area contributed by atoms with Gasteiger partial charge in [0, 0.05) is 29.8 Å². The number of nitrogens with zero attached hydrogens (tertiary/aromatic N) is 1. The summed E-state index contributed by atoms with van der Waals surface area (Å²) in [6.45, 7) is 10.1. The van der Waals surface area contributed by atoms with Crippen molar-refractivity contribution in [3.63, 3.8) is 0 Å². The Kier molecular flexibility index (Phi) is 7.92. The molecule has 1 unspecified atom stereocenters. The van der Waals surface area contributed by atoms with E-state index in [2.05, 4.69) is 37.1 Å². The second-order valence-electron chi connectivity index (χ2n) is 5.08. The molecule has 0 spiro atoms. The second-order valence-corrected chi connectivity index (χ2v) is 5.52. The van der Waals surface area contributed by atoms with Gasteiger partial charge < -0.3 is 5.32 Å². The van der Waals surface area contributed by atoms with Crippen molar-refractivity contribution in [3.8, 4) is 0 Å². The molecule has 0 bridgehead atoms. The number of rotatable bonds is 9. The minimum Gasteiger partial charge on any atom is -0.384 e. The number of unbranched alkanes of at least 4 members (excludes halogenated alkanes) is 1. The second kappa shape index (κ2) is 9.22. The molecule has 108 valence electrons. The standard InChI is InChI=1S/C16H27ClN2/c1-4-6-11-19(14(3)5-2)12-10-18-16-9-7-8-15(17)13-16/h7-9,13-14,18H,4-6,10-12H2,1-3H3. The molecule has 0 saturated heterocycles. The van der Waals surface area contributed by atoms with Crippen LogP contribution in [-0.4, -0.2) is 30.6 Å². The Balaban J connectivity index is 2.38. The zero-order valence-corrected chi connectivity index (χ0v) is 13.2. The van der Waals surface area contributed by atoms with E-state index in [1.54, 1.807) is 0 Å². The third kappa shape index (κ3) is 6.31. The summed E-state index contributed by atoms with van der Waals surface area (Å²) in [5.74, 6) is 0. The number of hydrogen-bond donors (Lipinski definition) is 1. The summed E-state index contributed by atoms with van der Waals surface area (Å²) >= 11 is 5.98. The van der Waals surface area contributed by atoms with Crippen LogP contribution in [0, 0.1) is 0 Å². The van der Waals surface area contributed by atoms with E-state index < -0.39 is 0 Å². The molecule has 0 aliphatic heterocycles. The Morgan fingerprint density at radius 3 is 2.68 bits per heavy atom. The van der Waals surface area contributed by atoms with Gasteiger partial charge in [0.2, 0.25) is 0 Å². The number of benzene rings is 1. The minimum atomic E-state index is 0.660. The molecule has 19 heavy (non-hydrogen) atoms. The fourth-order valence-corrected chi connectivity index (χ4v) is 2.30. The topological polar surface area (TPSA) is 15.3 Å². The minimum absolute atomic E-state index is 0.660. The largest absolute Gasteiger partial charge is 0.384 e. The van der Waals surface area contributed by atoms with Crippen LogP contribution in [-0.2, 0) is 0 Å². The van der Waals surface area contributed by atoms with Crippen LogP contribution in [0.25, 0.3) is 0 Å². The van der Waals surface area contributed by atoms with Crippen LogP contribution in [0.1, 0.15) is 40.0 Å². The van der Waals surface area contributed by atoms with E-state index in [0.29, 0.717) is 6.04 Å². The molecular formula is C16H27ClN2. The van der Waals surface area contributed by atoms with Gasteiger partial charge in [-0.15, -0.1) is 0 Å². The van der Waals surface area contributed by atoms with Crippen molar-refractivity contribution in [2.75, 3.05) is 25.0 Å². The van der Waals surface area contributed by atoms with Gasteiger partial charge in [0.1, 0.15) is 0 Å². The van der Waals surface area contributed by atoms with E-state index in [-0.39, 0.29) is 0 Å². The molecule has 0 amide bonds. The number of nitrogens with one attached hydrogen (secondary N) is 1. The quantitative estimate of drug-likeness (QED) is 0.709. The number of anilines is 1. The van der Waals surface area contributed by atoms with E-state index >= 15 is 0 Å². The highest BCUT2D eigenvalue weighted by Gasteiger charge is 2.10. The molecule has 0 saturated carbocycles. The summed E-state index contributed by atoms with van der Waals surface area (Å²) in [6.07, 6.45) is 3.75. The highest BCUT2D eigenvalue weighted by Crippen LogP contribution is 2.14. The summed E-state index contributed by atoms with van der Waals surface area (Å²) < 4.78 is 0. The van der Waals surface area contributed by atoms with Crippen molar-refractivity contribution in [3.05, 3.63) is 29.3 Å². The van der Waals surface area contributed by atoms with Crippen LogP contribution in [0.3, 0.4) is 0 Å². The summed E-state index contributed by atoms with van der Waals surface area (Å²) in [4.78, 5) is 2.57. The van der Waals surface area contributed by atoms with E-state index in [1.807, 2.05) is 18.2 Å². The molecule has 1 aromatic rings. The molecule has 0 fully saturated rings. The van der Waals surface area contributed by atoms with Gasteiger partial charge in [-0.25, -0.2) is 0 Å². The summed E-state index contributed by atoms with van der Waals surface area (Å²) in [5, 5.41) is 4.23. The molecule has 1 atom stereocenters. The van der Waals surface area contributed by atoms with Gasteiger partial charge in [0.15, 0.2) is 0 Å². The normalized spacial score (nSPS) is 12.7. The molecule has 0 heterocycles. The third-order valence-corrected chi connectivity index (χ3v) is 3.80. The Bertz CT molecular complexity index is 354. The lowest BCUT2D eigenvalue weighted by atomic mass is 10.2. The molecule has 0 aliphatic rings. The zero-order chi connectivity index (χ0) is 14.1. The maximum absolute atomic E-state index is 5.98. The van der Waals surface area contributed by atoms with Gasteiger partial charge >= 0.3 is 0 Å². The third-order valence-electron chi connectivity index (χ3n) is 3.57. The summed E-state index contributed by atoms with van der Waals surface area (Å²) in [6, 6.07) is 8.58. The van der Waals surface area contributed by atoms with Gasteiger partial charge in [0.05, 0.1) is 0 Å². The van der Waals surface area contributed by atoms with Crippen molar-refractivity contribution in [2.45, 2.75) is 46.1 Å². The molecule has 2 nitrogen and oxygen atoms in total. The molecule has 1 N–H and O–H groups in total. The molecule has 1 aromatic carbocycles. The highest BCUT2D eigenvalue weighted by molar-refractivity contribution is 6.30. The first-order valence-corrected chi connectivity index (χ1v) is 7.78. The molecule has 3 heteroatoms. The molecular weight excluding hydrogens is 256 g/mol. The molecule has 0 radical (unpaired) electrons. The highest BCUT2D eigenvalue weighted by atomic mass is 35.5. The van der Waals surface area contributed by atoms with E-state index in [0.717, 1.165) is 23.8 Å². The van der Waals surface area contributed by atoms with Crippen LogP contribution in [0.4, 0.5) is 5.69 Å². The van der Waals surface area contributed by atoms with E-state index in [1.165, 1.54) is 25.8 Å². The average Bonchev–Trinajstić information content (AvgIpc) is 2.42. The maximum Gasteiger partial charge on any atom is 0.0426 e. The molecule has 1 rings (SSSR count). The Morgan fingerprint density at radius 1 is 1.26 bits per heavy atom. The smallest absolute Gasteiger partial charge is 0.0426 e. The first kappa shape index (κ1) is 16.3. The van der Waals surface area contributed by atoms with Crippen molar-refractivity contribution in [1.82, 2.24) is 4.90 Å². The summed E-state index contributed by atoms with van der Waals surface area (Å²) in [7, 11) is 0. The monoisotopic (exact) mass is 282 g/mol. The first-order chi connectivity index (χ1) is 9.17. The van der Waals surface area contributed by atoms with Crippen LogP contribution in [0.2, 0.25) is 5.02 Å².